The van der Waals surface area contributed by atoms with Crippen molar-refractivity contribution in [1.29, 1.82) is 0 Å². The van der Waals surface area contributed by atoms with Gasteiger partial charge in [0.2, 0.25) is 0 Å². The number of hydrogen-bond acceptors (Lipinski definition) is 6. The molecule has 0 aliphatic carbocycles. The lowest BCUT2D eigenvalue weighted by molar-refractivity contribution is 0.263. The van der Waals surface area contributed by atoms with Crippen molar-refractivity contribution >= 4 is 26.5 Å². The number of thiazole rings is 1. The number of sulfonamides is 1. The monoisotopic (exact) mass is 304 g/mol. The molecule has 0 saturated carbocycles. The third kappa shape index (κ3) is 2.62. The van der Waals surface area contributed by atoms with Gasteiger partial charge >= 0.3 is 0 Å². The van der Waals surface area contributed by atoms with Gasteiger partial charge in [0.1, 0.15) is 0 Å². The van der Waals surface area contributed by atoms with E-state index in [0.717, 1.165) is 11.3 Å². The Labute approximate surface area is 118 Å². The summed E-state index contributed by atoms with van der Waals surface area (Å²) in [5.41, 5.74) is 6.08. The summed E-state index contributed by atoms with van der Waals surface area (Å²) in [5, 5.41) is 0.299. The smallest absolute Gasteiger partial charge is 0.254 e. The van der Waals surface area contributed by atoms with Crippen molar-refractivity contribution in [3.8, 4) is 0 Å². The summed E-state index contributed by atoms with van der Waals surface area (Å²) in [6, 6.07) is 0.250. The average molecular weight is 304 g/mol. The maximum atomic E-state index is 12.6. The van der Waals surface area contributed by atoms with Crippen LogP contribution in [0.5, 0.6) is 0 Å². The van der Waals surface area contributed by atoms with E-state index in [9.17, 15) is 8.42 Å². The third-order valence-electron chi connectivity index (χ3n) is 3.55. The van der Waals surface area contributed by atoms with Gasteiger partial charge in [-0.3, -0.25) is 0 Å². The van der Waals surface area contributed by atoms with E-state index in [1.807, 2.05) is 14.1 Å². The molecule has 8 heteroatoms. The largest absolute Gasteiger partial charge is 0.375 e. The molecule has 19 heavy (non-hydrogen) atoms. The first kappa shape index (κ1) is 14.7. The normalized spacial score (nSPS) is 25.3. The van der Waals surface area contributed by atoms with Crippen molar-refractivity contribution in [3.63, 3.8) is 0 Å². The Hall–Kier alpha value is -0.700. The minimum Gasteiger partial charge on any atom is -0.375 e. The minimum atomic E-state index is -3.47. The fourth-order valence-electron chi connectivity index (χ4n) is 2.53. The Morgan fingerprint density at radius 2 is 2.05 bits per heavy atom. The predicted octanol–water partition coefficient (Wildman–Crippen LogP) is 0.604. The van der Waals surface area contributed by atoms with E-state index in [1.165, 1.54) is 0 Å². The first-order valence-corrected chi connectivity index (χ1v) is 8.38. The second kappa shape index (κ2) is 5.01. The molecule has 1 aliphatic rings. The van der Waals surface area contributed by atoms with Crippen molar-refractivity contribution in [1.82, 2.24) is 14.2 Å². The van der Waals surface area contributed by atoms with Crippen LogP contribution in [0.25, 0.3) is 0 Å². The molecule has 1 saturated heterocycles. The zero-order chi connectivity index (χ0) is 14.4. The van der Waals surface area contributed by atoms with Gasteiger partial charge in [0.05, 0.1) is 5.69 Å². The molecular formula is C11H20N4O2S2. The van der Waals surface area contributed by atoms with Gasteiger partial charge in [-0.25, -0.2) is 13.4 Å². The molecule has 108 valence electrons. The van der Waals surface area contributed by atoms with Crippen molar-refractivity contribution in [2.75, 3.05) is 32.9 Å². The van der Waals surface area contributed by atoms with Gasteiger partial charge < -0.3 is 10.6 Å². The fraction of sp³-hybridized carbons (Fsp3) is 0.727. The highest BCUT2D eigenvalue weighted by molar-refractivity contribution is 7.91. The summed E-state index contributed by atoms with van der Waals surface area (Å²) in [7, 11) is 0.494. The van der Waals surface area contributed by atoms with Crippen LogP contribution < -0.4 is 5.73 Å². The minimum absolute atomic E-state index is 0.250. The Balaban J connectivity index is 2.30. The van der Waals surface area contributed by atoms with Crippen molar-refractivity contribution in [3.05, 3.63) is 5.69 Å². The lowest BCUT2D eigenvalue weighted by atomic mass is 10.1. The second-order valence-electron chi connectivity index (χ2n) is 5.26. The van der Waals surface area contributed by atoms with Gasteiger partial charge in [-0.1, -0.05) is 18.3 Å². The summed E-state index contributed by atoms with van der Waals surface area (Å²) >= 11 is 1.04. The van der Waals surface area contributed by atoms with Crippen LogP contribution in [0.4, 0.5) is 5.13 Å². The molecule has 1 aromatic rings. The molecule has 1 fully saturated rings. The zero-order valence-electron chi connectivity index (χ0n) is 11.6. The average Bonchev–Trinajstić information content (AvgIpc) is 2.82. The Kier molecular flexibility index (Phi) is 3.87. The van der Waals surface area contributed by atoms with E-state index in [0.29, 0.717) is 29.8 Å². The summed E-state index contributed by atoms with van der Waals surface area (Å²) in [6.45, 7) is 4.83. The highest BCUT2D eigenvalue weighted by Gasteiger charge is 2.39. The highest BCUT2D eigenvalue weighted by atomic mass is 32.2. The van der Waals surface area contributed by atoms with Gasteiger partial charge in [0.15, 0.2) is 9.34 Å². The van der Waals surface area contributed by atoms with Gasteiger partial charge in [-0.05, 0) is 26.9 Å². The number of aromatic nitrogens is 1. The predicted molar refractivity (Wildman–Crippen MR) is 76.7 cm³/mol. The van der Waals surface area contributed by atoms with E-state index >= 15 is 0 Å². The lowest BCUT2D eigenvalue weighted by Gasteiger charge is -2.22. The number of hydrogen-bond donors (Lipinski definition) is 1. The summed E-state index contributed by atoms with van der Waals surface area (Å²) < 4.78 is 27.0. The lowest BCUT2D eigenvalue weighted by Crippen LogP contribution is -2.35. The molecule has 6 nitrogen and oxygen atoms in total. The Morgan fingerprint density at radius 1 is 1.42 bits per heavy atom. The number of nitrogens with zero attached hydrogens (tertiary/aromatic N) is 3. The summed E-state index contributed by atoms with van der Waals surface area (Å²) in [4.78, 5) is 6.08. The molecule has 0 spiro atoms. The van der Waals surface area contributed by atoms with E-state index in [-0.39, 0.29) is 10.3 Å². The topological polar surface area (TPSA) is 79.5 Å². The van der Waals surface area contributed by atoms with E-state index in [1.54, 1.807) is 11.2 Å². The summed E-state index contributed by atoms with van der Waals surface area (Å²) in [5.74, 6) is 0.315. The van der Waals surface area contributed by atoms with Crippen LogP contribution in [-0.2, 0) is 10.0 Å². The quantitative estimate of drug-likeness (QED) is 0.885. The number of aryl methyl sites for hydroxylation is 1. The molecule has 2 N–H and O–H groups in total. The second-order valence-corrected chi connectivity index (χ2v) is 8.42. The van der Waals surface area contributed by atoms with Crippen LogP contribution in [0.3, 0.4) is 0 Å². The molecule has 2 rings (SSSR count). The zero-order valence-corrected chi connectivity index (χ0v) is 13.3. The van der Waals surface area contributed by atoms with Crippen molar-refractivity contribution < 1.29 is 8.42 Å². The van der Waals surface area contributed by atoms with Gasteiger partial charge in [-0.15, -0.1) is 0 Å². The molecule has 1 aliphatic heterocycles. The first-order chi connectivity index (χ1) is 8.73. The number of nitrogens with two attached hydrogens (primary N) is 1. The van der Waals surface area contributed by atoms with E-state index < -0.39 is 10.0 Å². The first-order valence-electron chi connectivity index (χ1n) is 6.13. The van der Waals surface area contributed by atoms with Crippen LogP contribution in [0.1, 0.15) is 12.6 Å². The fourth-order valence-corrected chi connectivity index (χ4v) is 5.53. The molecule has 0 amide bonds. The Morgan fingerprint density at radius 3 is 2.47 bits per heavy atom. The van der Waals surface area contributed by atoms with E-state index in [2.05, 4.69) is 16.8 Å². The van der Waals surface area contributed by atoms with Crippen molar-refractivity contribution in [2.45, 2.75) is 24.1 Å². The number of anilines is 1. The molecule has 2 unspecified atom stereocenters. The number of likely N-dealkylation sites (N-methyl/N-ethyl adjacent to an activating group) is 1. The van der Waals surface area contributed by atoms with E-state index in [4.69, 9.17) is 5.73 Å². The number of nitrogen functional groups attached to an aromatic ring is 1. The maximum Gasteiger partial charge on any atom is 0.254 e. The Bertz CT molecular complexity index is 567. The maximum absolute atomic E-state index is 12.6. The van der Waals surface area contributed by atoms with Crippen molar-refractivity contribution in [2.24, 2.45) is 5.92 Å². The standard InChI is InChI=1S/C11H20N4O2S2/c1-7-5-15(6-9(7)14(3)4)19(16,17)10-8(2)13-11(12)18-10/h7,9H,5-6H2,1-4H3,(H2,12,13). The molecular weight excluding hydrogens is 284 g/mol. The van der Waals surface area contributed by atoms with Crippen LogP contribution in [0.15, 0.2) is 4.21 Å². The summed E-state index contributed by atoms with van der Waals surface area (Å²) in [6.07, 6.45) is 0. The third-order valence-corrected chi connectivity index (χ3v) is 6.95. The molecule has 1 aromatic heterocycles. The molecule has 0 radical (unpaired) electrons. The molecule has 0 aromatic carbocycles. The van der Waals surface area contributed by atoms with Crippen LogP contribution in [-0.4, -0.2) is 55.8 Å². The van der Waals surface area contributed by atoms with Gasteiger partial charge in [0.25, 0.3) is 10.0 Å². The highest BCUT2D eigenvalue weighted by Crippen LogP contribution is 2.32. The number of rotatable bonds is 3. The van der Waals surface area contributed by atoms with Crippen LogP contribution in [0, 0.1) is 12.8 Å². The van der Waals surface area contributed by atoms with Crippen LogP contribution in [0.2, 0.25) is 0 Å². The van der Waals surface area contributed by atoms with Gasteiger partial charge in [0, 0.05) is 19.1 Å². The molecule has 0 bridgehead atoms. The SMILES string of the molecule is Cc1nc(N)sc1S(=O)(=O)N1CC(C)C(N(C)C)C1. The van der Waals surface area contributed by atoms with Crippen LogP contribution >= 0.6 is 11.3 Å². The molecule has 2 atom stereocenters. The molecule has 2 heterocycles. The van der Waals surface area contributed by atoms with Gasteiger partial charge in [-0.2, -0.15) is 4.31 Å².